The van der Waals surface area contributed by atoms with E-state index in [1.54, 1.807) is 92.2 Å². The monoisotopic (exact) mass is 1490 g/mol. The van der Waals surface area contributed by atoms with Crippen molar-refractivity contribution in [1.29, 1.82) is 0 Å². The molecule has 105 heavy (non-hydrogen) atoms. The molecule has 2 aliphatic heterocycles. The standard InChI is InChI=1S/C74H116N12O18S/c1-15-49(8)65(84(12)72(96)63(47(4)5)80-71(95)64(48(6)7)83(10)11)57(100-13)44-61(90)85-34-21-27-56(85)66(101-14)50(9)67(91)78-55(43-51-22-17-16-18-23-51)69(93)82-105(98,99)45-52-24-19-25-53(42-52)74(31-32-74)81-68(92)54(26-20-33-76-73(75)97)77-70(94)62(46(2)3)79-58(87)30-36-102-38-40-104-41-39-103-37-35-86-59(88)28-29-60(86)89/h16-19,22-25,28-29,42,46-50,54-57,62-66H,15,20-21,26-27,30-41,43-45H2,1-14H3,(H,77,94)(H,78,91)(H,79,87)(H,80,95)(H,81,92)(H,82,93)(H3,75,76,97)/t49-,50+,54-,55-,56-,57+,62-,63-,64-,65-,66+/m0/s1. The molecule has 30 nitrogen and oxygen atoms in total. The van der Waals surface area contributed by atoms with Gasteiger partial charge in [-0.1, -0.05) is 123 Å². The minimum Gasteiger partial charge on any atom is -0.379 e. The zero-order valence-corrected chi connectivity index (χ0v) is 64.5. The van der Waals surface area contributed by atoms with Crippen LogP contribution in [0.5, 0.6) is 0 Å². The molecule has 1 aliphatic carbocycles. The summed E-state index contributed by atoms with van der Waals surface area (Å²) in [7, 11) is 3.76. The molecule has 586 valence electrons. The number of likely N-dealkylation sites (tertiary alicyclic amines) is 1. The van der Waals surface area contributed by atoms with Gasteiger partial charge in [0.1, 0.15) is 24.2 Å². The Morgan fingerprint density at radius 2 is 1.30 bits per heavy atom. The molecule has 2 aromatic rings. The van der Waals surface area contributed by atoms with Gasteiger partial charge in [-0.3, -0.25) is 62.5 Å². The summed E-state index contributed by atoms with van der Waals surface area (Å²) in [6.45, 7) is 18.2. The lowest BCUT2D eigenvalue weighted by Gasteiger charge is -2.41. The minimum atomic E-state index is -4.49. The second-order valence-corrected chi connectivity index (χ2v) is 30.5. The molecule has 0 aromatic heterocycles. The number of carbonyl (C=O) groups excluding carboxylic acids is 11. The quantitative estimate of drug-likeness (QED) is 0.0349. The molecule has 2 fully saturated rings. The fourth-order valence-electron chi connectivity index (χ4n) is 13.5. The number of nitrogens with one attached hydrogen (secondary N) is 7. The van der Waals surface area contributed by atoms with Gasteiger partial charge in [0.25, 0.3) is 17.7 Å². The number of rotatable bonds is 47. The van der Waals surface area contributed by atoms with Crippen molar-refractivity contribution in [2.75, 3.05) is 94.6 Å². The number of hydrogen-bond donors (Lipinski definition) is 8. The number of benzene rings is 2. The lowest BCUT2D eigenvalue weighted by Crippen LogP contribution is -2.59. The third-order valence-electron chi connectivity index (χ3n) is 19.5. The van der Waals surface area contributed by atoms with E-state index in [2.05, 4.69) is 36.6 Å². The highest BCUT2D eigenvalue weighted by Gasteiger charge is 2.48. The van der Waals surface area contributed by atoms with Crippen LogP contribution < -0.4 is 42.4 Å². The third kappa shape index (κ3) is 26.8. The van der Waals surface area contributed by atoms with Gasteiger partial charge in [-0.05, 0) is 93.0 Å². The Hall–Kier alpha value is -7.94. The molecule has 9 N–H and O–H groups in total. The SMILES string of the molecule is CC[C@H](C)[C@@H]([C@@H](CC(=O)N1CCC[C@H]1[C@H](OC)[C@@H](C)C(=O)N[C@@H](Cc1ccccc1)C(=O)NS(=O)(=O)Cc1cccc(C2(NC(=O)[C@H](CCCNC(N)=O)NC(=O)[C@@H](NC(=O)CCOCCOCCOCCN3C(=O)C=CC3=O)C(C)C)CC2)c1)OC)N(C)C(=O)[C@@H](NC(=O)[C@H](C(C)C)N(C)C)C(C)C. The summed E-state index contributed by atoms with van der Waals surface area (Å²) in [6, 6.07) is 8.30. The average Bonchev–Trinajstić information content (AvgIpc) is 1.62. The number of likely N-dealkylation sites (N-methyl/N-ethyl adjacent to an activating group) is 2. The fourth-order valence-corrected chi connectivity index (χ4v) is 14.6. The first-order chi connectivity index (χ1) is 49.7. The Morgan fingerprint density at radius 3 is 1.87 bits per heavy atom. The summed E-state index contributed by atoms with van der Waals surface area (Å²) in [6.07, 6.45) is 3.28. The van der Waals surface area contributed by atoms with Crippen molar-refractivity contribution in [1.82, 2.24) is 56.2 Å². The topological polar surface area (TPSA) is 391 Å². The highest BCUT2D eigenvalue weighted by molar-refractivity contribution is 7.89. The number of nitrogens with two attached hydrogens (primary N) is 1. The van der Waals surface area contributed by atoms with E-state index >= 15 is 0 Å². The maximum Gasteiger partial charge on any atom is 0.312 e. The number of amides is 12. The van der Waals surface area contributed by atoms with Crippen LogP contribution in [0.3, 0.4) is 0 Å². The van der Waals surface area contributed by atoms with Gasteiger partial charge in [0, 0.05) is 59.4 Å². The summed E-state index contributed by atoms with van der Waals surface area (Å²) < 4.78 is 59.1. The van der Waals surface area contributed by atoms with E-state index in [0.717, 1.165) is 4.90 Å². The lowest BCUT2D eigenvalue weighted by molar-refractivity contribution is -0.148. The normalized spacial score (nSPS) is 17.8. The van der Waals surface area contributed by atoms with E-state index < -0.39 is 123 Å². The molecule has 5 rings (SSSR count). The number of carbonyl (C=O) groups is 11. The van der Waals surface area contributed by atoms with Crippen LogP contribution in [0.25, 0.3) is 0 Å². The Bertz CT molecular complexity index is 3360. The van der Waals surface area contributed by atoms with Crippen molar-refractivity contribution >= 4 is 75.1 Å². The Kier molecular flexibility index (Phi) is 35.4. The molecule has 12 amide bonds. The second kappa shape index (κ2) is 42.4. The Balaban J connectivity index is 1.22. The summed E-state index contributed by atoms with van der Waals surface area (Å²) in [4.78, 5) is 154. The van der Waals surface area contributed by atoms with E-state index in [-0.39, 0.29) is 138 Å². The first-order valence-corrected chi connectivity index (χ1v) is 38.1. The van der Waals surface area contributed by atoms with Crippen LogP contribution in [0.4, 0.5) is 4.79 Å². The van der Waals surface area contributed by atoms with Gasteiger partial charge in [0.2, 0.25) is 51.4 Å². The van der Waals surface area contributed by atoms with Crippen molar-refractivity contribution in [3.05, 3.63) is 83.4 Å². The predicted molar refractivity (Wildman–Crippen MR) is 392 cm³/mol. The molecule has 3 aliphatic rings. The Labute approximate surface area is 619 Å². The van der Waals surface area contributed by atoms with Gasteiger partial charge in [-0.2, -0.15) is 0 Å². The van der Waals surface area contributed by atoms with Crippen LogP contribution in [0.15, 0.2) is 66.7 Å². The van der Waals surface area contributed by atoms with E-state index in [1.165, 1.54) is 26.4 Å². The molecule has 11 atom stereocenters. The van der Waals surface area contributed by atoms with Crippen molar-refractivity contribution in [3.8, 4) is 0 Å². The van der Waals surface area contributed by atoms with Crippen LogP contribution in [0, 0.1) is 29.6 Å². The Morgan fingerprint density at radius 1 is 0.686 bits per heavy atom. The van der Waals surface area contributed by atoms with Crippen LogP contribution in [0.1, 0.15) is 137 Å². The zero-order chi connectivity index (χ0) is 77.9. The molecule has 0 spiro atoms. The molecular weight excluding hydrogens is 1380 g/mol. The largest absolute Gasteiger partial charge is 0.379 e. The van der Waals surface area contributed by atoms with E-state index in [4.69, 9.17) is 29.4 Å². The molecule has 2 heterocycles. The van der Waals surface area contributed by atoms with Gasteiger partial charge in [0.15, 0.2) is 0 Å². The van der Waals surface area contributed by atoms with E-state index in [9.17, 15) is 61.2 Å². The highest BCUT2D eigenvalue weighted by atomic mass is 32.2. The number of urea groups is 1. The van der Waals surface area contributed by atoms with Gasteiger partial charge in [-0.15, -0.1) is 0 Å². The first kappa shape index (κ1) is 87.7. The molecule has 0 bridgehead atoms. The molecule has 1 saturated heterocycles. The van der Waals surface area contributed by atoms with Crippen LogP contribution >= 0.6 is 0 Å². The number of sulfonamides is 1. The fraction of sp³-hybridized carbons (Fsp3) is 0.662. The van der Waals surface area contributed by atoms with Gasteiger partial charge >= 0.3 is 6.03 Å². The van der Waals surface area contributed by atoms with Gasteiger partial charge in [-0.25, -0.2) is 13.2 Å². The summed E-state index contributed by atoms with van der Waals surface area (Å²) in [5, 5.41) is 16.9. The smallest absolute Gasteiger partial charge is 0.312 e. The van der Waals surface area contributed by atoms with Crippen LogP contribution in [-0.4, -0.2) is 242 Å². The first-order valence-electron chi connectivity index (χ1n) is 36.5. The van der Waals surface area contributed by atoms with E-state index in [1.807, 2.05) is 60.5 Å². The summed E-state index contributed by atoms with van der Waals surface area (Å²) in [5.74, 6) is -7.53. The number of hydrogen-bond acceptors (Lipinski definition) is 19. The highest BCUT2D eigenvalue weighted by Crippen LogP contribution is 2.46. The predicted octanol–water partition coefficient (Wildman–Crippen LogP) is 2.55. The second-order valence-electron chi connectivity index (χ2n) is 28.8. The summed E-state index contributed by atoms with van der Waals surface area (Å²) >= 11 is 0. The molecule has 31 heteroatoms. The molecule has 0 unspecified atom stereocenters. The maximum atomic E-state index is 14.7. The average molecular weight is 1490 g/mol. The van der Waals surface area contributed by atoms with Crippen molar-refractivity contribution in [2.45, 2.75) is 192 Å². The number of nitrogens with zero attached hydrogens (tertiary/aromatic N) is 4. The van der Waals surface area contributed by atoms with Crippen LogP contribution in [0.2, 0.25) is 0 Å². The van der Waals surface area contributed by atoms with E-state index in [0.29, 0.717) is 49.8 Å². The lowest BCUT2D eigenvalue weighted by atomic mass is 9.89. The van der Waals surface area contributed by atoms with Crippen molar-refractivity contribution in [2.24, 2.45) is 35.3 Å². The third-order valence-corrected chi connectivity index (χ3v) is 20.7. The number of primary amides is 1. The molecule has 1 saturated carbocycles. The van der Waals surface area contributed by atoms with Gasteiger partial charge in [0.05, 0.1) is 100 Å². The summed E-state index contributed by atoms with van der Waals surface area (Å²) in [5.41, 5.74) is 5.75. The van der Waals surface area contributed by atoms with Crippen molar-refractivity contribution < 1.29 is 84.8 Å². The number of imide groups is 1. The molecular formula is C74H116N12O18S. The minimum absolute atomic E-state index is 0.0118. The molecule has 2 aromatic carbocycles. The van der Waals surface area contributed by atoms with Crippen molar-refractivity contribution in [3.63, 3.8) is 0 Å². The number of methoxy groups -OCH3 is 2. The zero-order valence-electron chi connectivity index (χ0n) is 63.7. The maximum absolute atomic E-state index is 14.7. The van der Waals surface area contributed by atoms with Crippen LogP contribution in [-0.2, 0) is 99.4 Å². The number of ether oxygens (including phenoxy) is 5. The van der Waals surface area contributed by atoms with Gasteiger partial charge < -0.3 is 71.1 Å². The molecule has 0 radical (unpaired) electrons.